The second-order valence-corrected chi connectivity index (χ2v) is 2.04. The fraction of sp³-hybridized carbons (Fsp3) is 0.200. The lowest BCUT2D eigenvalue weighted by Crippen LogP contribution is -2.01. The van der Waals surface area contributed by atoms with Crippen LogP contribution in [0.4, 0.5) is 0 Å². The Hall–Kier alpha value is -0.370. The maximum atomic E-state index is 3.06. The first kappa shape index (κ1) is 4.78. The van der Waals surface area contributed by atoms with Crippen LogP contribution in [0.5, 0.6) is 0 Å². The minimum Gasteiger partial charge on any atom is -0.387 e. The summed E-state index contributed by atoms with van der Waals surface area (Å²) in [5, 5.41) is 7.14. The van der Waals surface area contributed by atoms with E-state index in [9.17, 15) is 0 Å². The first-order valence-corrected chi connectivity index (χ1v) is 3.13. The van der Waals surface area contributed by atoms with Crippen LogP contribution in [-0.4, -0.2) is 6.54 Å². The van der Waals surface area contributed by atoms with Crippen molar-refractivity contribution in [3.05, 3.63) is 23.1 Å². The molecule has 1 N–H and O–H groups in total. The van der Waals surface area contributed by atoms with Gasteiger partial charge in [0.05, 0.1) is 0 Å². The van der Waals surface area contributed by atoms with E-state index in [0.29, 0.717) is 0 Å². The van der Waals surface area contributed by atoms with E-state index in [1.54, 1.807) is 11.8 Å². The maximum absolute atomic E-state index is 3.06. The van der Waals surface area contributed by atoms with Gasteiger partial charge in [-0.3, -0.25) is 0 Å². The predicted molar refractivity (Wildman–Crippen MR) is 33.9 cm³/mol. The highest BCUT2D eigenvalue weighted by Crippen LogP contribution is 2.03. The van der Waals surface area contributed by atoms with E-state index in [1.807, 2.05) is 11.6 Å². The Morgan fingerprint density at radius 2 is 2.43 bits per heavy atom. The highest BCUT2D eigenvalue weighted by molar-refractivity contribution is 8.04. The largest absolute Gasteiger partial charge is 0.387 e. The van der Waals surface area contributed by atoms with E-state index in [-0.39, 0.29) is 0 Å². The van der Waals surface area contributed by atoms with Gasteiger partial charge in [0.25, 0.3) is 0 Å². The van der Waals surface area contributed by atoms with Gasteiger partial charge < -0.3 is 5.32 Å². The normalized spacial score (nSPS) is 18.3. The molecule has 1 nitrogen and oxygen atoms in total. The summed E-state index contributed by atoms with van der Waals surface area (Å²) in [7, 11) is 0. The van der Waals surface area contributed by atoms with Crippen LogP contribution in [0.1, 0.15) is 0 Å². The third kappa shape index (κ3) is 1.69. The Morgan fingerprint density at radius 3 is 3.43 bits per heavy atom. The van der Waals surface area contributed by atoms with Gasteiger partial charge in [0, 0.05) is 12.7 Å². The third-order valence-corrected chi connectivity index (χ3v) is 1.32. The minimum atomic E-state index is 0.962. The van der Waals surface area contributed by atoms with Gasteiger partial charge in [-0.05, 0) is 10.8 Å². The maximum Gasteiger partial charge on any atom is 0.0333 e. The van der Waals surface area contributed by atoms with Gasteiger partial charge in [-0.1, -0.05) is 6.08 Å². The van der Waals surface area contributed by atoms with Crippen molar-refractivity contribution in [2.75, 3.05) is 6.54 Å². The molecule has 0 atom stereocenters. The molecule has 0 aromatic rings. The van der Waals surface area contributed by atoms with Crippen LogP contribution in [0.3, 0.4) is 0 Å². The monoisotopic (exact) mass is 113 g/mol. The van der Waals surface area contributed by atoms with Gasteiger partial charge in [0.1, 0.15) is 0 Å². The van der Waals surface area contributed by atoms with Crippen LogP contribution >= 0.6 is 11.8 Å². The summed E-state index contributed by atoms with van der Waals surface area (Å²) in [6, 6.07) is 0. The highest BCUT2D eigenvalue weighted by Gasteiger charge is 1.77. The van der Waals surface area contributed by atoms with Crippen LogP contribution in [0, 0.1) is 0 Å². The molecular formula is C5H7NS. The molecule has 7 heavy (non-hydrogen) atoms. The van der Waals surface area contributed by atoms with E-state index in [2.05, 4.69) is 16.8 Å². The molecule has 0 aromatic heterocycles. The molecule has 38 valence electrons. The van der Waals surface area contributed by atoms with Gasteiger partial charge in [-0.15, -0.1) is 11.8 Å². The summed E-state index contributed by atoms with van der Waals surface area (Å²) < 4.78 is 0. The van der Waals surface area contributed by atoms with Gasteiger partial charge in [-0.25, -0.2) is 0 Å². The lowest BCUT2D eigenvalue weighted by molar-refractivity contribution is 0.992. The van der Waals surface area contributed by atoms with Gasteiger partial charge in [0.15, 0.2) is 0 Å². The quantitative estimate of drug-likeness (QED) is 0.508. The average Bonchev–Trinajstić information content (AvgIpc) is 1.90. The molecule has 1 aliphatic rings. The summed E-state index contributed by atoms with van der Waals surface area (Å²) in [6.07, 6.45) is 4.04. The predicted octanol–water partition coefficient (Wildman–Crippen LogP) is 1.31. The Morgan fingerprint density at radius 1 is 1.43 bits per heavy atom. The second-order valence-electron chi connectivity index (χ2n) is 1.22. The summed E-state index contributed by atoms with van der Waals surface area (Å²) in [5.41, 5.74) is 0. The van der Waals surface area contributed by atoms with Crippen molar-refractivity contribution in [2.24, 2.45) is 0 Å². The zero-order chi connectivity index (χ0) is 4.95. The lowest BCUT2D eigenvalue weighted by Gasteiger charge is -1.84. The van der Waals surface area contributed by atoms with Gasteiger partial charge in [-0.2, -0.15) is 0 Å². The number of hydrogen-bond acceptors (Lipinski definition) is 2. The van der Waals surface area contributed by atoms with Crippen molar-refractivity contribution >= 4 is 11.8 Å². The third-order valence-electron chi connectivity index (χ3n) is 0.675. The molecule has 0 aliphatic carbocycles. The topological polar surface area (TPSA) is 12.0 Å². The highest BCUT2D eigenvalue weighted by atomic mass is 32.2. The first-order valence-electron chi connectivity index (χ1n) is 2.19. The number of rotatable bonds is 0. The van der Waals surface area contributed by atoms with Crippen molar-refractivity contribution < 1.29 is 0 Å². The fourth-order valence-corrected chi connectivity index (χ4v) is 0.845. The fourth-order valence-electron chi connectivity index (χ4n) is 0.373. The van der Waals surface area contributed by atoms with Crippen LogP contribution in [0.25, 0.3) is 0 Å². The van der Waals surface area contributed by atoms with Crippen LogP contribution in [0.15, 0.2) is 23.1 Å². The van der Waals surface area contributed by atoms with Crippen LogP contribution < -0.4 is 5.32 Å². The first-order chi connectivity index (χ1) is 3.50. The van der Waals surface area contributed by atoms with Gasteiger partial charge in [0.2, 0.25) is 0 Å². The number of hydrogen-bond donors (Lipinski definition) is 1. The SMILES string of the molecule is C1=CSC=CNC1. The molecule has 0 unspecified atom stereocenters. The summed E-state index contributed by atoms with van der Waals surface area (Å²) in [5.74, 6) is 0. The van der Waals surface area contributed by atoms with Crippen molar-refractivity contribution in [2.45, 2.75) is 0 Å². The Bertz CT molecular complexity index is 84.3. The molecule has 0 saturated carbocycles. The molecule has 0 bridgehead atoms. The molecule has 2 heteroatoms. The van der Waals surface area contributed by atoms with Crippen LogP contribution in [-0.2, 0) is 0 Å². The Balaban J connectivity index is 2.38. The van der Waals surface area contributed by atoms with E-state index < -0.39 is 0 Å². The Kier molecular flexibility index (Phi) is 1.88. The molecule has 1 heterocycles. The van der Waals surface area contributed by atoms with Crippen molar-refractivity contribution in [1.82, 2.24) is 5.32 Å². The van der Waals surface area contributed by atoms with E-state index in [4.69, 9.17) is 0 Å². The molecule has 0 saturated heterocycles. The summed E-state index contributed by atoms with van der Waals surface area (Å²) in [4.78, 5) is 0. The smallest absolute Gasteiger partial charge is 0.0333 e. The Labute approximate surface area is 47.5 Å². The zero-order valence-electron chi connectivity index (χ0n) is 3.92. The zero-order valence-corrected chi connectivity index (χ0v) is 4.74. The standard InChI is InChI=1S/C5H7NS/c1-2-6-3-5-7-4-1/h1,3-6H,2H2. The van der Waals surface area contributed by atoms with E-state index in [1.165, 1.54) is 0 Å². The van der Waals surface area contributed by atoms with Crippen LogP contribution in [0.2, 0.25) is 0 Å². The van der Waals surface area contributed by atoms with Crippen molar-refractivity contribution in [1.29, 1.82) is 0 Å². The molecule has 1 aliphatic heterocycles. The molecule has 0 amide bonds. The lowest BCUT2D eigenvalue weighted by atomic mass is 10.6. The van der Waals surface area contributed by atoms with Crippen molar-refractivity contribution in [3.63, 3.8) is 0 Å². The summed E-state index contributed by atoms with van der Waals surface area (Å²) in [6.45, 7) is 0.962. The molecule has 0 aromatic carbocycles. The average molecular weight is 113 g/mol. The van der Waals surface area contributed by atoms with Crippen molar-refractivity contribution in [3.8, 4) is 0 Å². The second kappa shape index (κ2) is 2.75. The number of thioether (sulfide) groups is 1. The molecular weight excluding hydrogens is 106 g/mol. The minimum absolute atomic E-state index is 0.962. The van der Waals surface area contributed by atoms with Gasteiger partial charge >= 0.3 is 0 Å². The molecule has 1 rings (SSSR count). The molecule has 0 fully saturated rings. The van der Waals surface area contributed by atoms with E-state index in [0.717, 1.165) is 6.54 Å². The molecule has 0 radical (unpaired) electrons. The summed E-state index contributed by atoms with van der Waals surface area (Å²) >= 11 is 1.69. The number of nitrogens with one attached hydrogen (secondary N) is 1. The molecule has 0 spiro atoms. The van der Waals surface area contributed by atoms with E-state index >= 15 is 0 Å².